The number of nitrogens with one attached hydrogen (secondary N) is 1. The first kappa shape index (κ1) is 14.2. The monoisotopic (exact) mass is 273 g/mol. The van der Waals surface area contributed by atoms with Crippen LogP contribution in [0.4, 0.5) is 10.1 Å². The number of carbonyl (C=O) groups excluding carboxylic acids is 1. The molecular weight excluding hydrogens is 257 g/mol. The fourth-order valence-corrected chi connectivity index (χ4v) is 1.82. The molecule has 1 amide bonds. The maximum atomic E-state index is 13.6. The summed E-state index contributed by atoms with van der Waals surface area (Å²) in [7, 11) is 0. The van der Waals surface area contributed by atoms with Crippen LogP contribution in [-0.2, 0) is 11.3 Å². The van der Waals surface area contributed by atoms with Gasteiger partial charge in [0.05, 0.1) is 12.2 Å². The SMILES string of the molecule is CCOCc1ccccc1NC(=O)c1ccccc1F. The van der Waals surface area contributed by atoms with Gasteiger partial charge in [0.2, 0.25) is 0 Å². The topological polar surface area (TPSA) is 38.3 Å². The first-order chi connectivity index (χ1) is 9.72. The molecule has 0 aliphatic rings. The molecule has 20 heavy (non-hydrogen) atoms. The number of halogens is 1. The van der Waals surface area contributed by atoms with Crippen LogP contribution in [0.25, 0.3) is 0 Å². The summed E-state index contributed by atoms with van der Waals surface area (Å²) in [5.41, 5.74) is 1.52. The van der Waals surface area contributed by atoms with E-state index in [9.17, 15) is 9.18 Å². The number of hydrogen-bond donors (Lipinski definition) is 1. The van der Waals surface area contributed by atoms with Gasteiger partial charge in [-0.3, -0.25) is 4.79 Å². The molecule has 0 bridgehead atoms. The van der Waals surface area contributed by atoms with Crippen molar-refractivity contribution in [3.05, 3.63) is 65.5 Å². The van der Waals surface area contributed by atoms with Gasteiger partial charge in [-0.1, -0.05) is 30.3 Å². The van der Waals surface area contributed by atoms with E-state index in [1.165, 1.54) is 12.1 Å². The van der Waals surface area contributed by atoms with E-state index in [4.69, 9.17) is 4.74 Å². The Kier molecular flexibility index (Phi) is 4.85. The molecule has 2 aromatic rings. The number of carbonyl (C=O) groups is 1. The minimum Gasteiger partial charge on any atom is -0.377 e. The van der Waals surface area contributed by atoms with Crippen molar-refractivity contribution in [2.45, 2.75) is 13.5 Å². The van der Waals surface area contributed by atoms with Crippen LogP contribution in [-0.4, -0.2) is 12.5 Å². The zero-order valence-electron chi connectivity index (χ0n) is 11.2. The normalized spacial score (nSPS) is 10.3. The zero-order valence-corrected chi connectivity index (χ0v) is 11.2. The smallest absolute Gasteiger partial charge is 0.258 e. The lowest BCUT2D eigenvalue weighted by molar-refractivity contribution is 0.102. The van der Waals surface area contributed by atoms with E-state index in [0.717, 1.165) is 5.56 Å². The highest BCUT2D eigenvalue weighted by Crippen LogP contribution is 2.18. The van der Waals surface area contributed by atoms with E-state index in [1.807, 2.05) is 25.1 Å². The van der Waals surface area contributed by atoms with E-state index >= 15 is 0 Å². The third-order valence-corrected chi connectivity index (χ3v) is 2.85. The quantitative estimate of drug-likeness (QED) is 0.903. The number of benzene rings is 2. The Labute approximate surface area is 117 Å². The molecule has 0 spiro atoms. The van der Waals surface area contributed by atoms with Crippen molar-refractivity contribution >= 4 is 11.6 Å². The molecule has 0 aliphatic heterocycles. The molecule has 1 N–H and O–H groups in total. The Bertz CT molecular complexity index is 599. The Morgan fingerprint density at radius 2 is 1.85 bits per heavy atom. The summed E-state index contributed by atoms with van der Waals surface area (Å²) >= 11 is 0. The summed E-state index contributed by atoms with van der Waals surface area (Å²) < 4.78 is 18.9. The van der Waals surface area contributed by atoms with E-state index in [-0.39, 0.29) is 5.56 Å². The van der Waals surface area contributed by atoms with Gasteiger partial charge in [0.15, 0.2) is 0 Å². The van der Waals surface area contributed by atoms with Gasteiger partial charge in [-0.15, -0.1) is 0 Å². The van der Waals surface area contributed by atoms with Crippen LogP contribution >= 0.6 is 0 Å². The van der Waals surface area contributed by atoms with Gasteiger partial charge in [0.1, 0.15) is 5.82 Å². The van der Waals surface area contributed by atoms with Crippen LogP contribution in [0, 0.1) is 5.82 Å². The molecule has 0 aromatic heterocycles. The highest BCUT2D eigenvalue weighted by atomic mass is 19.1. The summed E-state index contributed by atoms with van der Waals surface area (Å²) in [6.45, 7) is 2.90. The second-order valence-corrected chi connectivity index (χ2v) is 4.23. The molecule has 104 valence electrons. The summed E-state index contributed by atoms with van der Waals surface area (Å²) in [6.07, 6.45) is 0. The van der Waals surface area contributed by atoms with Crippen LogP contribution in [0.5, 0.6) is 0 Å². The predicted octanol–water partition coefficient (Wildman–Crippen LogP) is 3.61. The van der Waals surface area contributed by atoms with Crippen molar-refractivity contribution in [2.24, 2.45) is 0 Å². The standard InChI is InChI=1S/C16H16FNO2/c1-2-20-11-12-7-3-6-10-15(12)18-16(19)13-8-4-5-9-14(13)17/h3-10H,2,11H2,1H3,(H,18,19). The van der Waals surface area contributed by atoms with E-state index in [2.05, 4.69) is 5.32 Å². The average molecular weight is 273 g/mol. The van der Waals surface area contributed by atoms with Crippen molar-refractivity contribution in [3.8, 4) is 0 Å². The molecule has 3 nitrogen and oxygen atoms in total. The van der Waals surface area contributed by atoms with Crippen molar-refractivity contribution < 1.29 is 13.9 Å². The minimum atomic E-state index is -0.535. The van der Waals surface area contributed by atoms with Gasteiger partial charge in [-0.25, -0.2) is 4.39 Å². The van der Waals surface area contributed by atoms with Gasteiger partial charge in [-0.05, 0) is 25.1 Å². The maximum absolute atomic E-state index is 13.6. The van der Waals surface area contributed by atoms with Crippen LogP contribution < -0.4 is 5.32 Å². The Morgan fingerprint density at radius 1 is 1.15 bits per heavy atom. The van der Waals surface area contributed by atoms with E-state index in [0.29, 0.717) is 18.9 Å². The number of amides is 1. The Balaban J connectivity index is 2.18. The molecular formula is C16H16FNO2. The molecule has 0 saturated carbocycles. The first-order valence-electron chi connectivity index (χ1n) is 6.44. The largest absolute Gasteiger partial charge is 0.377 e. The molecule has 2 rings (SSSR count). The highest BCUT2D eigenvalue weighted by Gasteiger charge is 2.12. The maximum Gasteiger partial charge on any atom is 0.258 e. The molecule has 0 heterocycles. The number of para-hydroxylation sites is 1. The molecule has 0 aliphatic carbocycles. The summed E-state index contributed by atoms with van der Waals surface area (Å²) in [4.78, 5) is 12.1. The average Bonchev–Trinajstić information content (AvgIpc) is 2.46. The lowest BCUT2D eigenvalue weighted by atomic mass is 10.1. The van der Waals surface area contributed by atoms with Gasteiger partial charge in [-0.2, -0.15) is 0 Å². The number of rotatable bonds is 5. The van der Waals surface area contributed by atoms with Crippen molar-refractivity contribution in [2.75, 3.05) is 11.9 Å². The molecule has 0 saturated heterocycles. The molecule has 0 atom stereocenters. The fourth-order valence-electron chi connectivity index (χ4n) is 1.82. The summed E-state index contributed by atoms with van der Waals surface area (Å²) in [5, 5.41) is 2.72. The Morgan fingerprint density at radius 3 is 2.60 bits per heavy atom. The zero-order chi connectivity index (χ0) is 14.4. The van der Waals surface area contributed by atoms with Crippen LogP contribution in [0.3, 0.4) is 0 Å². The van der Waals surface area contributed by atoms with Crippen molar-refractivity contribution in [3.63, 3.8) is 0 Å². The van der Waals surface area contributed by atoms with E-state index < -0.39 is 11.7 Å². The first-order valence-corrected chi connectivity index (χ1v) is 6.44. The lowest BCUT2D eigenvalue weighted by Crippen LogP contribution is -2.15. The summed E-state index contributed by atoms with van der Waals surface area (Å²) in [6, 6.07) is 13.2. The lowest BCUT2D eigenvalue weighted by Gasteiger charge is -2.11. The molecule has 4 heteroatoms. The van der Waals surface area contributed by atoms with Gasteiger partial charge in [0, 0.05) is 17.9 Å². The number of hydrogen-bond acceptors (Lipinski definition) is 2. The van der Waals surface area contributed by atoms with Gasteiger partial charge >= 0.3 is 0 Å². The fraction of sp³-hybridized carbons (Fsp3) is 0.188. The van der Waals surface area contributed by atoms with Crippen LogP contribution in [0.2, 0.25) is 0 Å². The highest BCUT2D eigenvalue weighted by molar-refractivity contribution is 6.04. The third-order valence-electron chi connectivity index (χ3n) is 2.85. The molecule has 0 radical (unpaired) electrons. The molecule has 0 fully saturated rings. The third kappa shape index (κ3) is 3.42. The van der Waals surface area contributed by atoms with Gasteiger partial charge in [0.25, 0.3) is 5.91 Å². The van der Waals surface area contributed by atoms with E-state index in [1.54, 1.807) is 18.2 Å². The summed E-state index contributed by atoms with van der Waals surface area (Å²) in [5.74, 6) is -1.00. The second-order valence-electron chi connectivity index (χ2n) is 4.23. The van der Waals surface area contributed by atoms with Gasteiger partial charge < -0.3 is 10.1 Å². The van der Waals surface area contributed by atoms with Crippen molar-refractivity contribution in [1.29, 1.82) is 0 Å². The number of anilines is 1. The molecule has 2 aromatic carbocycles. The predicted molar refractivity (Wildman–Crippen MR) is 76.1 cm³/mol. The Hall–Kier alpha value is -2.20. The minimum absolute atomic E-state index is 0.0266. The van der Waals surface area contributed by atoms with Crippen LogP contribution in [0.1, 0.15) is 22.8 Å². The second kappa shape index (κ2) is 6.82. The van der Waals surface area contributed by atoms with Crippen LogP contribution in [0.15, 0.2) is 48.5 Å². The molecule has 0 unspecified atom stereocenters. The number of ether oxygens (including phenoxy) is 1. The van der Waals surface area contributed by atoms with Crippen molar-refractivity contribution in [1.82, 2.24) is 0 Å².